The molecule has 3 aliphatic carbocycles. The molecule has 3 aliphatic rings. The Labute approximate surface area is 176 Å². The predicted molar refractivity (Wildman–Crippen MR) is 103 cm³/mol. The zero-order valence-electron chi connectivity index (χ0n) is 17.3. The minimum absolute atomic E-state index is 0.140. The second kappa shape index (κ2) is 11.3. The molecule has 3 saturated carbocycles. The Balaban J connectivity index is 1.50. The first-order valence-electron chi connectivity index (χ1n) is 11.1. The monoisotopic (exact) mass is 428 g/mol. The zero-order valence-corrected chi connectivity index (χ0v) is 17.3. The van der Waals surface area contributed by atoms with E-state index in [0.717, 1.165) is 64.2 Å². The fraction of sp³-hybridized carbons (Fsp3) is 0.857. The lowest BCUT2D eigenvalue weighted by atomic mass is 9.92. The van der Waals surface area contributed by atoms with Crippen molar-refractivity contribution < 1.29 is 43.2 Å². The highest BCUT2D eigenvalue weighted by atomic mass is 16.7. The summed E-state index contributed by atoms with van der Waals surface area (Å²) in [6.07, 6.45) is 5.00. The van der Waals surface area contributed by atoms with Crippen LogP contribution in [-0.4, -0.2) is 54.1 Å². The first-order valence-corrected chi connectivity index (χ1v) is 11.1. The molecule has 30 heavy (non-hydrogen) atoms. The highest BCUT2D eigenvalue weighted by Gasteiger charge is 2.37. The molecule has 170 valence electrons. The van der Waals surface area contributed by atoms with Crippen molar-refractivity contribution >= 4 is 18.5 Å². The van der Waals surface area contributed by atoms with Gasteiger partial charge in [0, 0.05) is 19.3 Å². The summed E-state index contributed by atoms with van der Waals surface area (Å²) in [5.41, 5.74) is 0. The standard InChI is InChI=1S/C21H32O9/c22-19(23)26-16-11-17(29-20(24)27-14-7-3-1-4-8-14)13-18(12-16)30-21(25)28-15-9-5-2-6-10-15/h14-18H,1-13H2,(H,22,23). The van der Waals surface area contributed by atoms with Crippen LogP contribution >= 0.6 is 0 Å². The van der Waals surface area contributed by atoms with E-state index in [1.54, 1.807) is 0 Å². The van der Waals surface area contributed by atoms with Crippen LogP contribution < -0.4 is 0 Å². The molecular formula is C21H32O9. The van der Waals surface area contributed by atoms with Gasteiger partial charge in [-0.3, -0.25) is 0 Å². The molecule has 0 amide bonds. The quantitative estimate of drug-likeness (QED) is 0.479. The molecule has 0 spiro atoms. The highest BCUT2D eigenvalue weighted by molar-refractivity contribution is 5.61. The van der Waals surface area contributed by atoms with E-state index in [0.29, 0.717) is 0 Å². The molecule has 0 heterocycles. The Morgan fingerprint density at radius 2 is 0.833 bits per heavy atom. The van der Waals surface area contributed by atoms with Gasteiger partial charge in [0.05, 0.1) is 0 Å². The van der Waals surface area contributed by atoms with Gasteiger partial charge in [-0.25, -0.2) is 14.4 Å². The zero-order chi connectivity index (χ0) is 21.3. The molecule has 0 aliphatic heterocycles. The largest absolute Gasteiger partial charge is 0.508 e. The van der Waals surface area contributed by atoms with Crippen LogP contribution in [0.4, 0.5) is 14.4 Å². The van der Waals surface area contributed by atoms with Gasteiger partial charge >= 0.3 is 18.5 Å². The molecule has 0 radical (unpaired) electrons. The van der Waals surface area contributed by atoms with Crippen LogP contribution in [-0.2, 0) is 23.7 Å². The minimum atomic E-state index is -1.42. The summed E-state index contributed by atoms with van der Waals surface area (Å²) in [7, 11) is 0. The van der Waals surface area contributed by atoms with Crippen LogP contribution in [0.25, 0.3) is 0 Å². The molecule has 0 saturated heterocycles. The molecule has 2 unspecified atom stereocenters. The van der Waals surface area contributed by atoms with Gasteiger partial charge in [0.15, 0.2) is 0 Å². The third kappa shape index (κ3) is 7.57. The fourth-order valence-corrected chi connectivity index (χ4v) is 4.57. The Hall–Kier alpha value is -2.19. The maximum atomic E-state index is 12.2. The van der Waals surface area contributed by atoms with Crippen LogP contribution in [0, 0.1) is 0 Å². The summed E-state index contributed by atoms with van der Waals surface area (Å²) < 4.78 is 26.4. The van der Waals surface area contributed by atoms with Crippen molar-refractivity contribution in [1.29, 1.82) is 0 Å². The van der Waals surface area contributed by atoms with Gasteiger partial charge in [-0.2, -0.15) is 0 Å². The van der Waals surface area contributed by atoms with Crippen LogP contribution in [0.5, 0.6) is 0 Å². The Morgan fingerprint density at radius 1 is 0.500 bits per heavy atom. The SMILES string of the molecule is O=C(O)OC1CC(OC(=O)OC2CCCCC2)CC(OC(=O)OC2CCCCC2)C1. The number of ether oxygens (including phenoxy) is 5. The Morgan fingerprint density at radius 3 is 1.20 bits per heavy atom. The number of hydrogen-bond donors (Lipinski definition) is 1. The molecule has 0 aromatic heterocycles. The maximum absolute atomic E-state index is 12.2. The molecule has 2 atom stereocenters. The molecule has 1 N–H and O–H groups in total. The van der Waals surface area contributed by atoms with E-state index in [9.17, 15) is 14.4 Å². The van der Waals surface area contributed by atoms with Crippen LogP contribution in [0.2, 0.25) is 0 Å². The predicted octanol–water partition coefficient (Wildman–Crippen LogP) is 4.94. The summed E-state index contributed by atoms with van der Waals surface area (Å²) >= 11 is 0. The number of carbonyl (C=O) groups is 3. The number of hydrogen-bond acceptors (Lipinski definition) is 8. The summed E-state index contributed by atoms with van der Waals surface area (Å²) in [5.74, 6) is 0. The minimum Gasteiger partial charge on any atom is -0.450 e. The van der Waals surface area contributed by atoms with Crippen molar-refractivity contribution in [3.8, 4) is 0 Å². The van der Waals surface area contributed by atoms with Gasteiger partial charge in [-0.05, 0) is 51.4 Å². The van der Waals surface area contributed by atoms with Crippen molar-refractivity contribution in [2.24, 2.45) is 0 Å². The van der Waals surface area contributed by atoms with E-state index in [-0.39, 0.29) is 31.5 Å². The van der Waals surface area contributed by atoms with Crippen molar-refractivity contribution in [2.75, 3.05) is 0 Å². The first kappa shape index (κ1) is 22.5. The van der Waals surface area contributed by atoms with Crippen molar-refractivity contribution in [3.63, 3.8) is 0 Å². The summed E-state index contributed by atoms with van der Waals surface area (Å²) in [4.78, 5) is 35.3. The number of carbonyl (C=O) groups excluding carboxylic acids is 2. The molecule has 3 fully saturated rings. The lowest BCUT2D eigenvalue weighted by Crippen LogP contribution is -2.40. The Bertz CT molecular complexity index is 539. The van der Waals surface area contributed by atoms with Gasteiger partial charge in [0.2, 0.25) is 0 Å². The van der Waals surface area contributed by atoms with Gasteiger partial charge < -0.3 is 28.8 Å². The van der Waals surface area contributed by atoms with Gasteiger partial charge in [-0.15, -0.1) is 0 Å². The molecule has 3 rings (SSSR count). The summed E-state index contributed by atoms with van der Waals surface area (Å²) in [6.45, 7) is 0. The molecule has 9 nitrogen and oxygen atoms in total. The van der Waals surface area contributed by atoms with E-state index in [4.69, 9.17) is 28.8 Å². The second-order valence-electron chi connectivity index (χ2n) is 8.45. The average Bonchev–Trinajstić information content (AvgIpc) is 2.68. The van der Waals surface area contributed by atoms with Crippen molar-refractivity contribution in [3.05, 3.63) is 0 Å². The lowest BCUT2D eigenvalue weighted by Gasteiger charge is -2.33. The third-order valence-corrected chi connectivity index (χ3v) is 6.00. The topological polar surface area (TPSA) is 118 Å². The summed E-state index contributed by atoms with van der Waals surface area (Å²) in [6, 6.07) is 0. The smallest absolute Gasteiger partial charge is 0.450 e. The van der Waals surface area contributed by atoms with Crippen molar-refractivity contribution in [2.45, 2.75) is 114 Å². The van der Waals surface area contributed by atoms with Crippen LogP contribution in [0.1, 0.15) is 83.5 Å². The van der Waals surface area contributed by atoms with Gasteiger partial charge in [0.25, 0.3) is 0 Å². The molecule has 0 bridgehead atoms. The maximum Gasteiger partial charge on any atom is 0.508 e. The summed E-state index contributed by atoms with van der Waals surface area (Å²) in [5, 5.41) is 8.95. The average molecular weight is 428 g/mol. The van der Waals surface area contributed by atoms with E-state index >= 15 is 0 Å². The molecule has 0 aromatic rings. The Kier molecular flexibility index (Phi) is 8.45. The third-order valence-electron chi connectivity index (χ3n) is 6.00. The van der Waals surface area contributed by atoms with Crippen molar-refractivity contribution in [1.82, 2.24) is 0 Å². The van der Waals surface area contributed by atoms with E-state index < -0.39 is 36.8 Å². The second-order valence-corrected chi connectivity index (χ2v) is 8.45. The molecule has 0 aromatic carbocycles. The molecule has 9 heteroatoms. The number of rotatable bonds is 5. The molecular weight excluding hydrogens is 396 g/mol. The highest BCUT2D eigenvalue weighted by Crippen LogP contribution is 2.29. The van der Waals surface area contributed by atoms with Crippen LogP contribution in [0.3, 0.4) is 0 Å². The fourth-order valence-electron chi connectivity index (χ4n) is 4.57. The number of carboxylic acid groups (broad SMARTS) is 1. The van der Waals surface area contributed by atoms with Crippen LogP contribution in [0.15, 0.2) is 0 Å². The van der Waals surface area contributed by atoms with E-state index in [2.05, 4.69) is 0 Å². The first-order chi connectivity index (χ1) is 14.5. The van der Waals surface area contributed by atoms with Gasteiger partial charge in [-0.1, -0.05) is 12.8 Å². The van der Waals surface area contributed by atoms with E-state index in [1.165, 1.54) is 0 Å². The lowest BCUT2D eigenvalue weighted by molar-refractivity contribution is -0.0842. The van der Waals surface area contributed by atoms with E-state index in [1.807, 2.05) is 0 Å². The normalized spacial score (nSPS) is 28.2. The van der Waals surface area contributed by atoms with Gasteiger partial charge in [0.1, 0.15) is 30.5 Å².